The molecule has 0 fully saturated rings. The summed E-state index contributed by atoms with van der Waals surface area (Å²) in [6, 6.07) is 22.5. The highest BCUT2D eigenvalue weighted by molar-refractivity contribution is 7.89. The number of aryl methyl sites for hydroxylation is 1. The molecule has 4 aromatic rings. The number of rotatable bonds is 6. The Morgan fingerprint density at radius 1 is 0.767 bits per heavy atom. The van der Waals surface area contributed by atoms with Crippen molar-refractivity contribution in [1.29, 1.82) is 0 Å². The molecule has 0 amide bonds. The molecule has 0 aliphatic heterocycles. The second kappa shape index (κ2) is 8.57. The second-order valence-electron chi connectivity index (χ2n) is 7.00. The molecule has 0 saturated carbocycles. The van der Waals surface area contributed by atoms with E-state index < -0.39 is 10.0 Å². The van der Waals surface area contributed by atoms with E-state index in [-0.39, 0.29) is 11.4 Å². The van der Waals surface area contributed by atoms with Gasteiger partial charge in [-0.2, -0.15) is 0 Å². The Morgan fingerprint density at radius 2 is 1.40 bits per heavy atom. The Kier molecular flexibility index (Phi) is 5.70. The smallest absolute Gasteiger partial charge is 0.240 e. The molecular formula is C24H21N3O2S. The summed E-state index contributed by atoms with van der Waals surface area (Å²) in [5.74, 6) is 0. The van der Waals surface area contributed by atoms with Gasteiger partial charge in [0.15, 0.2) is 0 Å². The standard InChI is InChI=1S/C24H21N3O2S/c1-18-2-4-20(5-3-18)21-6-8-23(9-7-21)30(28,29)27-17-19-10-15-26-24(16-19)22-11-13-25-14-12-22/h2-16,27H,17H2,1H3. The Hall–Kier alpha value is -3.35. The lowest BCUT2D eigenvalue weighted by atomic mass is 10.0. The first-order valence-corrected chi connectivity index (χ1v) is 11.0. The fourth-order valence-electron chi connectivity index (χ4n) is 3.10. The molecule has 0 radical (unpaired) electrons. The highest BCUT2D eigenvalue weighted by Crippen LogP contribution is 2.22. The van der Waals surface area contributed by atoms with Gasteiger partial charge in [-0.15, -0.1) is 0 Å². The highest BCUT2D eigenvalue weighted by Gasteiger charge is 2.14. The Bertz CT molecular complexity index is 1240. The van der Waals surface area contributed by atoms with Crippen LogP contribution in [0.15, 0.2) is 96.3 Å². The van der Waals surface area contributed by atoms with Crippen LogP contribution in [-0.4, -0.2) is 18.4 Å². The molecule has 2 aromatic heterocycles. The van der Waals surface area contributed by atoms with Gasteiger partial charge in [0.25, 0.3) is 0 Å². The molecule has 0 aliphatic carbocycles. The zero-order valence-electron chi connectivity index (χ0n) is 16.5. The summed E-state index contributed by atoms with van der Waals surface area (Å²) in [5.41, 5.74) is 5.75. The van der Waals surface area contributed by atoms with Crippen molar-refractivity contribution < 1.29 is 8.42 Å². The van der Waals surface area contributed by atoms with Crippen LogP contribution in [0.4, 0.5) is 0 Å². The third-order valence-corrected chi connectivity index (χ3v) is 6.23. The van der Waals surface area contributed by atoms with E-state index in [4.69, 9.17) is 0 Å². The molecule has 0 spiro atoms. The van der Waals surface area contributed by atoms with Crippen LogP contribution in [-0.2, 0) is 16.6 Å². The number of pyridine rings is 2. The summed E-state index contributed by atoms with van der Waals surface area (Å²) < 4.78 is 28.1. The van der Waals surface area contributed by atoms with E-state index in [2.05, 4.69) is 14.7 Å². The van der Waals surface area contributed by atoms with Crippen molar-refractivity contribution in [3.63, 3.8) is 0 Å². The Morgan fingerprint density at radius 3 is 2.07 bits per heavy atom. The maximum atomic E-state index is 12.7. The maximum absolute atomic E-state index is 12.7. The molecule has 0 aliphatic rings. The second-order valence-corrected chi connectivity index (χ2v) is 8.77. The molecule has 4 rings (SSSR count). The van der Waals surface area contributed by atoms with Gasteiger partial charge in [0, 0.05) is 30.7 Å². The molecule has 0 bridgehead atoms. The number of nitrogens with one attached hydrogen (secondary N) is 1. The first kappa shape index (κ1) is 19.9. The average molecular weight is 416 g/mol. The summed E-state index contributed by atoms with van der Waals surface area (Å²) in [6.07, 6.45) is 5.08. The Labute approximate surface area is 176 Å². The lowest BCUT2D eigenvalue weighted by Crippen LogP contribution is -2.23. The van der Waals surface area contributed by atoms with Crippen molar-refractivity contribution in [2.45, 2.75) is 18.4 Å². The lowest BCUT2D eigenvalue weighted by Gasteiger charge is -2.09. The van der Waals surface area contributed by atoms with Crippen molar-refractivity contribution in [2.75, 3.05) is 0 Å². The summed E-state index contributed by atoms with van der Waals surface area (Å²) in [7, 11) is -3.62. The van der Waals surface area contributed by atoms with Crippen LogP contribution in [0, 0.1) is 6.92 Å². The predicted octanol–water partition coefficient (Wildman–Crippen LogP) is 4.60. The predicted molar refractivity (Wildman–Crippen MR) is 118 cm³/mol. The van der Waals surface area contributed by atoms with E-state index >= 15 is 0 Å². The topological polar surface area (TPSA) is 72.0 Å². The van der Waals surface area contributed by atoms with Gasteiger partial charge in [0.2, 0.25) is 10.0 Å². The number of nitrogens with zero attached hydrogens (tertiary/aromatic N) is 2. The van der Waals surface area contributed by atoms with Crippen LogP contribution in [0.2, 0.25) is 0 Å². The molecule has 0 saturated heterocycles. The highest BCUT2D eigenvalue weighted by atomic mass is 32.2. The zero-order chi connectivity index (χ0) is 21.0. The number of hydrogen-bond acceptors (Lipinski definition) is 4. The molecule has 1 N–H and O–H groups in total. The molecule has 0 atom stereocenters. The molecule has 6 heteroatoms. The molecular weight excluding hydrogens is 394 g/mol. The fourth-order valence-corrected chi connectivity index (χ4v) is 4.12. The van der Waals surface area contributed by atoms with Gasteiger partial charge < -0.3 is 0 Å². The number of hydrogen-bond donors (Lipinski definition) is 1. The van der Waals surface area contributed by atoms with E-state index in [0.717, 1.165) is 27.9 Å². The molecule has 30 heavy (non-hydrogen) atoms. The largest absolute Gasteiger partial charge is 0.265 e. The molecule has 2 heterocycles. The summed E-state index contributed by atoms with van der Waals surface area (Å²) in [6.45, 7) is 2.22. The van der Waals surface area contributed by atoms with Gasteiger partial charge in [0.05, 0.1) is 10.6 Å². The van der Waals surface area contributed by atoms with Crippen LogP contribution < -0.4 is 4.72 Å². The van der Waals surface area contributed by atoms with E-state index in [1.165, 1.54) is 5.56 Å². The van der Waals surface area contributed by atoms with Crippen molar-refractivity contribution in [3.05, 3.63) is 103 Å². The third-order valence-electron chi connectivity index (χ3n) is 4.82. The average Bonchev–Trinajstić information content (AvgIpc) is 2.79. The first-order chi connectivity index (χ1) is 14.5. The maximum Gasteiger partial charge on any atom is 0.240 e. The van der Waals surface area contributed by atoms with Crippen LogP contribution in [0.25, 0.3) is 22.4 Å². The molecule has 5 nitrogen and oxygen atoms in total. The lowest BCUT2D eigenvalue weighted by molar-refractivity contribution is 0.581. The SMILES string of the molecule is Cc1ccc(-c2ccc(S(=O)(=O)NCc3ccnc(-c4ccncc4)c3)cc2)cc1. The molecule has 2 aromatic carbocycles. The van der Waals surface area contributed by atoms with E-state index in [1.807, 2.05) is 61.5 Å². The summed E-state index contributed by atoms with van der Waals surface area (Å²) in [5, 5.41) is 0. The van der Waals surface area contributed by atoms with Gasteiger partial charge in [0.1, 0.15) is 0 Å². The fraction of sp³-hybridized carbons (Fsp3) is 0.0833. The van der Waals surface area contributed by atoms with Crippen molar-refractivity contribution in [2.24, 2.45) is 0 Å². The van der Waals surface area contributed by atoms with Crippen LogP contribution in [0.1, 0.15) is 11.1 Å². The number of aromatic nitrogens is 2. The number of sulfonamides is 1. The van der Waals surface area contributed by atoms with E-state index in [9.17, 15) is 8.42 Å². The zero-order valence-corrected chi connectivity index (χ0v) is 17.3. The molecule has 0 unspecified atom stereocenters. The van der Waals surface area contributed by atoms with Crippen molar-refractivity contribution >= 4 is 10.0 Å². The van der Waals surface area contributed by atoms with Gasteiger partial charge in [-0.05, 0) is 60.0 Å². The summed E-state index contributed by atoms with van der Waals surface area (Å²) in [4.78, 5) is 8.59. The van der Waals surface area contributed by atoms with Crippen LogP contribution in [0.3, 0.4) is 0 Å². The van der Waals surface area contributed by atoms with Gasteiger partial charge in [-0.25, -0.2) is 13.1 Å². The van der Waals surface area contributed by atoms with Crippen LogP contribution >= 0.6 is 0 Å². The number of benzene rings is 2. The minimum Gasteiger partial charge on any atom is -0.265 e. The van der Waals surface area contributed by atoms with E-state index in [1.54, 1.807) is 36.8 Å². The van der Waals surface area contributed by atoms with Gasteiger partial charge in [-0.1, -0.05) is 42.0 Å². The van der Waals surface area contributed by atoms with E-state index in [0.29, 0.717) is 0 Å². The summed E-state index contributed by atoms with van der Waals surface area (Å²) >= 11 is 0. The third kappa shape index (κ3) is 4.62. The Balaban J connectivity index is 1.48. The van der Waals surface area contributed by atoms with Crippen LogP contribution in [0.5, 0.6) is 0 Å². The van der Waals surface area contributed by atoms with Crippen molar-refractivity contribution in [3.8, 4) is 22.4 Å². The molecule has 150 valence electrons. The first-order valence-electron chi connectivity index (χ1n) is 9.53. The monoisotopic (exact) mass is 415 g/mol. The van der Waals surface area contributed by atoms with Crippen molar-refractivity contribution in [1.82, 2.24) is 14.7 Å². The minimum absolute atomic E-state index is 0.183. The quantitative estimate of drug-likeness (QED) is 0.500. The minimum atomic E-state index is -3.62. The van der Waals surface area contributed by atoms with Gasteiger partial charge in [-0.3, -0.25) is 9.97 Å². The van der Waals surface area contributed by atoms with Gasteiger partial charge >= 0.3 is 0 Å². The normalized spacial score (nSPS) is 11.4.